The maximum atomic E-state index is 13.1. The number of carbonyl (C=O) groups is 1. The molecule has 8 heteroatoms. The van der Waals surface area contributed by atoms with Crippen LogP contribution in [0.15, 0.2) is 10.6 Å². The van der Waals surface area contributed by atoms with Crippen LogP contribution in [0.4, 0.5) is 5.88 Å². The largest absolute Gasteiger partial charge is 0.381 e. The van der Waals surface area contributed by atoms with Gasteiger partial charge < -0.3 is 18.7 Å². The zero-order valence-corrected chi connectivity index (χ0v) is 20.6. The van der Waals surface area contributed by atoms with Gasteiger partial charge in [0.2, 0.25) is 11.8 Å². The first-order chi connectivity index (χ1) is 15.1. The molecule has 0 radical (unpaired) electrons. The molecular weight excluding hydrogens is 410 g/mol. The van der Waals surface area contributed by atoms with E-state index in [9.17, 15) is 4.79 Å². The third-order valence-corrected chi connectivity index (χ3v) is 7.30. The van der Waals surface area contributed by atoms with Gasteiger partial charge in [-0.2, -0.15) is 0 Å². The summed E-state index contributed by atoms with van der Waals surface area (Å²) in [5.74, 6) is 0.785. The smallest absolute Gasteiger partial charge is 0.246 e. The van der Waals surface area contributed by atoms with Crippen LogP contribution in [0, 0.1) is 5.92 Å². The van der Waals surface area contributed by atoms with Crippen LogP contribution in [0.5, 0.6) is 0 Å². The number of nitrogens with zero attached hydrogens (tertiary/aromatic N) is 2. The lowest BCUT2D eigenvalue weighted by atomic mass is 9.84. The molecule has 32 heavy (non-hydrogen) atoms. The molecule has 2 aliphatic heterocycles. The summed E-state index contributed by atoms with van der Waals surface area (Å²) in [5, 5.41) is 7.15. The Morgan fingerprint density at radius 3 is 2.59 bits per heavy atom. The molecule has 0 aromatic carbocycles. The van der Waals surface area contributed by atoms with Crippen LogP contribution in [0.2, 0.25) is 0 Å². The average molecular weight is 452 g/mol. The molecule has 1 amide bonds. The highest BCUT2D eigenvalue weighted by atomic mass is 16.7. The van der Waals surface area contributed by atoms with Gasteiger partial charge in [0.05, 0.1) is 17.3 Å². The predicted octanol–water partition coefficient (Wildman–Crippen LogP) is 3.96. The van der Waals surface area contributed by atoms with Crippen molar-refractivity contribution in [3.63, 3.8) is 0 Å². The summed E-state index contributed by atoms with van der Waals surface area (Å²) >= 11 is 0. The van der Waals surface area contributed by atoms with Crippen molar-refractivity contribution in [2.45, 2.75) is 90.1 Å². The minimum atomic E-state index is -0.685. The Labute approximate surface area is 192 Å². The Kier molecular flexibility index (Phi) is 8.36. The van der Waals surface area contributed by atoms with E-state index in [1.54, 1.807) is 6.07 Å². The van der Waals surface area contributed by atoms with E-state index in [0.717, 1.165) is 64.2 Å². The fourth-order valence-electron chi connectivity index (χ4n) is 4.04. The molecule has 0 saturated carbocycles. The Hall–Kier alpha value is -1.48. The molecule has 3 heterocycles. The van der Waals surface area contributed by atoms with Gasteiger partial charge in [-0.1, -0.05) is 19.0 Å². The summed E-state index contributed by atoms with van der Waals surface area (Å²) in [5.41, 5.74) is -0.345. The fraction of sp³-hybridized carbons (Fsp3) is 0.833. The lowest BCUT2D eigenvalue weighted by Crippen LogP contribution is -2.52. The first-order valence-corrected chi connectivity index (χ1v) is 12.0. The van der Waals surface area contributed by atoms with Crippen LogP contribution in [-0.4, -0.2) is 67.3 Å². The number of carbonyl (C=O) groups excluding carboxylic acids is 1. The van der Waals surface area contributed by atoms with Crippen molar-refractivity contribution in [1.82, 2.24) is 10.1 Å². The van der Waals surface area contributed by atoms with Gasteiger partial charge in [0, 0.05) is 37.8 Å². The summed E-state index contributed by atoms with van der Waals surface area (Å²) in [6.07, 6.45) is 4.90. The molecule has 1 aromatic heterocycles. The van der Waals surface area contributed by atoms with E-state index in [1.807, 2.05) is 27.8 Å². The lowest BCUT2D eigenvalue weighted by Gasteiger charge is -2.37. The van der Waals surface area contributed by atoms with Crippen molar-refractivity contribution >= 4 is 11.8 Å². The van der Waals surface area contributed by atoms with Crippen LogP contribution in [0.3, 0.4) is 0 Å². The fourth-order valence-corrected chi connectivity index (χ4v) is 4.04. The molecule has 3 rings (SSSR count). The Balaban J connectivity index is 1.58. The van der Waals surface area contributed by atoms with Gasteiger partial charge in [-0.25, -0.2) is 0 Å². The normalized spacial score (nSPS) is 22.2. The number of anilines is 1. The maximum absolute atomic E-state index is 13.1. The van der Waals surface area contributed by atoms with Gasteiger partial charge in [0.25, 0.3) is 0 Å². The maximum Gasteiger partial charge on any atom is 0.246 e. The molecule has 0 bridgehead atoms. The van der Waals surface area contributed by atoms with Crippen molar-refractivity contribution in [1.29, 1.82) is 0 Å². The number of likely N-dealkylation sites (N-methyl/N-ethyl adjacent to an activating group) is 1. The highest BCUT2D eigenvalue weighted by Crippen LogP contribution is 2.32. The molecule has 2 fully saturated rings. The van der Waals surface area contributed by atoms with Gasteiger partial charge in [-0.05, 0) is 65.8 Å². The van der Waals surface area contributed by atoms with E-state index < -0.39 is 11.0 Å². The first-order valence-electron chi connectivity index (χ1n) is 12.0. The number of rotatable bonds is 9. The summed E-state index contributed by atoms with van der Waals surface area (Å²) in [4.78, 5) is 15.2. The quantitative estimate of drug-likeness (QED) is 0.608. The van der Waals surface area contributed by atoms with Gasteiger partial charge in [-0.15, -0.1) is 0 Å². The summed E-state index contributed by atoms with van der Waals surface area (Å²) in [7, 11) is 2.00. The molecule has 8 nitrogen and oxygen atoms in total. The third-order valence-electron chi connectivity index (χ3n) is 7.30. The minimum absolute atomic E-state index is 0.118. The SMILES string of the molecule is CC(OC1CCCCO1)C(C)(C)c1cc(NC(=O)C(C)(C)N(C)CC2CCOCC2)on1. The van der Waals surface area contributed by atoms with E-state index in [4.69, 9.17) is 18.7 Å². The zero-order valence-electron chi connectivity index (χ0n) is 20.6. The minimum Gasteiger partial charge on any atom is -0.381 e. The number of nitrogens with one attached hydrogen (secondary N) is 1. The van der Waals surface area contributed by atoms with Crippen molar-refractivity contribution in [2.75, 3.05) is 38.7 Å². The summed E-state index contributed by atoms with van der Waals surface area (Å²) < 4.78 is 22.8. The van der Waals surface area contributed by atoms with E-state index >= 15 is 0 Å². The van der Waals surface area contributed by atoms with Crippen LogP contribution in [0.1, 0.15) is 72.4 Å². The number of amides is 1. The number of aromatic nitrogens is 1. The third kappa shape index (κ3) is 6.10. The summed E-state index contributed by atoms with van der Waals surface area (Å²) in [6, 6.07) is 1.80. The predicted molar refractivity (Wildman–Crippen MR) is 123 cm³/mol. The van der Waals surface area contributed by atoms with Crippen molar-refractivity contribution in [3.05, 3.63) is 11.8 Å². The van der Waals surface area contributed by atoms with Gasteiger partial charge in [0.1, 0.15) is 0 Å². The highest BCUT2D eigenvalue weighted by Gasteiger charge is 2.37. The standard InChI is InChI=1S/C24H41N3O5/c1-17(31-21-9-7-8-12-30-21)23(2,3)19-15-20(32-26-19)25-22(28)24(4,5)27(6)16-18-10-13-29-14-11-18/h15,17-18,21H,7-14,16H2,1-6H3,(H,25,28). The Morgan fingerprint density at radius 1 is 1.22 bits per heavy atom. The molecular formula is C24H41N3O5. The van der Waals surface area contributed by atoms with Gasteiger partial charge in [0.15, 0.2) is 6.29 Å². The van der Waals surface area contributed by atoms with E-state index in [2.05, 4.69) is 29.2 Å². The molecule has 1 N–H and O–H groups in total. The van der Waals surface area contributed by atoms with Crippen LogP contribution in [-0.2, 0) is 24.4 Å². The average Bonchev–Trinajstić information content (AvgIpc) is 3.24. The molecule has 2 atom stereocenters. The highest BCUT2D eigenvalue weighted by molar-refractivity contribution is 5.96. The topological polar surface area (TPSA) is 86.1 Å². The zero-order chi connectivity index (χ0) is 23.4. The molecule has 1 aromatic rings. The number of ether oxygens (including phenoxy) is 3. The second kappa shape index (κ2) is 10.6. The van der Waals surface area contributed by atoms with Crippen LogP contribution in [0.25, 0.3) is 0 Å². The molecule has 2 saturated heterocycles. The molecule has 0 spiro atoms. The second-order valence-electron chi connectivity index (χ2n) is 10.3. The van der Waals surface area contributed by atoms with E-state index in [0.29, 0.717) is 11.8 Å². The van der Waals surface area contributed by atoms with Crippen molar-refractivity contribution in [2.24, 2.45) is 5.92 Å². The van der Waals surface area contributed by atoms with E-state index in [-0.39, 0.29) is 18.3 Å². The number of hydrogen-bond donors (Lipinski definition) is 1. The molecule has 0 aliphatic carbocycles. The first kappa shape index (κ1) is 25.1. The van der Waals surface area contributed by atoms with Crippen molar-refractivity contribution < 1.29 is 23.5 Å². The Bertz CT molecular complexity index is 736. The lowest BCUT2D eigenvalue weighted by molar-refractivity contribution is -0.196. The monoisotopic (exact) mass is 451 g/mol. The molecule has 2 aliphatic rings. The van der Waals surface area contributed by atoms with Crippen LogP contribution < -0.4 is 5.32 Å². The number of hydrogen-bond acceptors (Lipinski definition) is 7. The molecule has 182 valence electrons. The Morgan fingerprint density at radius 2 is 1.94 bits per heavy atom. The second-order valence-corrected chi connectivity index (χ2v) is 10.3. The molecule has 2 unspecified atom stereocenters. The van der Waals surface area contributed by atoms with Crippen molar-refractivity contribution in [3.8, 4) is 0 Å². The summed E-state index contributed by atoms with van der Waals surface area (Å²) in [6.45, 7) is 13.2. The van der Waals surface area contributed by atoms with Gasteiger partial charge >= 0.3 is 0 Å². The van der Waals surface area contributed by atoms with Gasteiger partial charge in [-0.3, -0.25) is 15.0 Å². The van der Waals surface area contributed by atoms with Crippen LogP contribution >= 0.6 is 0 Å². The van der Waals surface area contributed by atoms with E-state index in [1.165, 1.54) is 0 Å².